The second kappa shape index (κ2) is 4.72. The Hall–Kier alpha value is -0.260. The maximum Gasteiger partial charge on any atom is 0.239 e. The van der Waals surface area contributed by atoms with Crippen LogP contribution in [0.3, 0.4) is 0 Å². The zero-order valence-corrected chi connectivity index (χ0v) is 9.75. The van der Waals surface area contributed by atoms with Crippen LogP contribution in [-0.4, -0.2) is 48.3 Å². The van der Waals surface area contributed by atoms with Crippen LogP contribution < -0.4 is 11.1 Å². The molecule has 86 valence electrons. The molecule has 2 saturated heterocycles. The van der Waals surface area contributed by atoms with E-state index in [1.807, 2.05) is 4.90 Å². The van der Waals surface area contributed by atoms with E-state index in [-0.39, 0.29) is 11.9 Å². The van der Waals surface area contributed by atoms with Crippen molar-refractivity contribution in [2.45, 2.75) is 24.1 Å². The van der Waals surface area contributed by atoms with E-state index < -0.39 is 0 Å². The molecule has 2 aliphatic rings. The van der Waals surface area contributed by atoms with Gasteiger partial charge in [-0.1, -0.05) is 0 Å². The SMILES string of the molecule is NCC1CCN(C(=O)C2CC(S)CN2)C1. The van der Waals surface area contributed by atoms with E-state index in [4.69, 9.17) is 5.73 Å². The largest absolute Gasteiger partial charge is 0.341 e. The molecule has 3 N–H and O–H groups in total. The first-order valence-electron chi connectivity index (χ1n) is 5.61. The number of carbonyl (C=O) groups is 1. The summed E-state index contributed by atoms with van der Waals surface area (Å²) < 4.78 is 0. The number of nitrogens with two attached hydrogens (primary N) is 1. The summed E-state index contributed by atoms with van der Waals surface area (Å²) in [5.41, 5.74) is 5.61. The minimum absolute atomic E-state index is 0.0102. The molecule has 5 heteroatoms. The zero-order valence-electron chi connectivity index (χ0n) is 8.85. The van der Waals surface area contributed by atoms with Crippen LogP contribution in [0, 0.1) is 5.92 Å². The van der Waals surface area contributed by atoms with Crippen molar-refractivity contribution in [1.82, 2.24) is 10.2 Å². The number of carbonyl (C=O) groups excluding carboxylic acids is 1. The highest BCUT2D eigenvalue weighted by atomic mass is 32.1. The van der Waals surface area contributed by atoms with Crippen LogP contribution in [0.1, 0.15) is 12.8 Å². The maximum absolute atomic E-state index is 12.0. The minimum atomic E-state index is -0.0102. The van der Waals surface area contributed by atoms with Crippen molar-refractivity contribution < 1.29 is 4.79 Å². The summed E-state index contributed by atoms with van der Waals surface area (Å²) in [6.45, 7) is 3.24. The number of nitrogens with one attached hydrogen (secondary N) is 1. The highest BCUT2D eigenvalue weighted by molar-refractivity contribution is 7.81. The van der Waals surface area contributed by atoms with Gasteiger partial charge in [0.2, 0.25) is 5.91 Å². The van der Waals surface area contributed by atoms with E-state index in [0.717, 1.165) is 32.5 Å². The Morgan fingerprint density at radius 1 is 1.60 bits per heavy atom. The molecule has 3 unspecified atom stereocenters. The quantitative estimate of drug-likeness (QED) is 0.557. The third-order valence-corrected chi connectivity index (χ3v) is 3.73. The van der Waals surface area contributed by atoms with Crippen LogP contribution >= 0.6 is 12.6 Å². The summed E-state index contributed by atoms with van der Waals surface area (Å²) in [5.74, 6) is 0.740. The third-order valence-electron chi connectivity index (χ3n) is 3.34. The van der Waals surface area contributed by atoms with Gasteiger partial charge in [-0.3, -0.25) is 4.79 Å². The lowest BCUT2D eigenvalue weighted by Crippen LogP contribution is -2.42. The van der Waals surface area contributed by atoms with E-state index in [1.165, 1.54) is 0 Å². The van der Waals surface area contributed by atoms with Gasteiger partial charge in [-0.25, -0.2) is 0 Å². The van der Waals surface area contributed by atoms with Gasteiger partial charge in [0.05, 0.1) is 6.04 Å². The van der Waals surface area contributed by atoms with Gasteiger partial charge in [-0.15, -0.1) is 0 Å². The Balaban J connectivity index is 1.86. The van der Waals surface area contributed by atoms with E-state index in [1.54, 1.807) is 0 Å². The molecule has 0 aromatic carbocycles. The van der Waals surface area contributed by atoms with Gasteiger partial charge in [0, 0.05) is 24.9 Å². The smallest absolute Gasteiger partial charge is 0.239 e. The Morgan fingerprint density at radius 2 is 2.40 bits per heavy atom. The number of nitrogens with zero attached hydrogens (tertiary/aromatic N) is 1. The third kappa shape index (κ3) is 2.46. The fourth-order valence-corrected chi connectivity index (χ4v) is 2.67. The molecule has 15 heavy (non-hydrogen) atoms. The molecule has 2 fully saturated rings. The first-order valence-corrected chi connectivity index (χ1v) is 6.12. The van der Waals surface area contributed by atoms with Crippen molar-refractivity contribution in [3.05, 3.63) is 0 Å². The average Bonchev–Trinajstić information content (AvgIpc) is 2.84. The Bertz CT molecular complexity index is 249. The van der Waals surface area contributed by atoms with Gasteiger partial charge < -0.3 is 16.0 Å². The molecule has 0 aliphatic carbocycles. The average molecular weight is 229 g/mol. The summed E-state index contributed by atoms with van der Waals surface area (Å²) >= 11 is 4.37. The second-order valence-electron chi connectivity index (χ2n) is 4.53. The number of likely N-dealkylation sites (tertiary alicyclic amines) is 1. The molecule has 0 saturated carbocycles. The van der Waals surface area contributed by atoms with E-state index in [2.05, 4.69) is 17.9 Å². The lowest BCUT2D eigenvalue weighted by molar-refractivity contribution is -0.132. The number of thiol groups is 1. The highest BCUT2D eigenvalue weighted by Crippen LogP contribution is 2.19. The Morgan fingerprint density at radius 3 is 2.93 bits per heavy atom. The summed E-state index contributed by atoms with van der Waals surface area (Å²) in [6, 6.07) is -0.0102. The van der Waals surface area contributed by atoms with Gasteiger partial charge in [-0.05, 0) is 25.3 Å². The molecule has 0 spiro atoms. The first-order chi connectivity index (χ1) is 7.20. The predicted molar refractivity (Wildman–Crippen MR) is 62.9 cm³/mol. The van der Waals surface area contributed by atoms with E-state index >= 15 is 0 Å². The second-order valence-corrected chi connectivity index (χ2v) is 5.26. The van der Waals surface area contributed by atoms with Crippen LogP contribution in [0.25, 0.3) is 0 Å². The van der Waals surface area contributed by atoms with Gasteiger partial charge in [0.15, 0.2) is 0 Å². The summed E-state index contributed by atoms with van der Waals surface area (Å²) in [4.78, 5) is 14.0. The molecule has 0 radical (unpaired) electrons. The van der Waals surface area contributed by atoms with Crippen molar-refractivity contribution in [3.8, 4) is 0 Å². The molecule has 4 nitrogen and oxygen atoms in total. The molecule has 2 heterocycles. The highest BCUT2D eigenvalue weighted by Gasteiger charge is 2.33. The van der Waals surface area contributed by atoms with Crippen molar-refractivity contribution in [2.75, 3.05) is 26.2 Å². The van der Waals surface area contributed by atoms with Crippen LogP contribution in [0.4, 0.5) is 0 Å². The number of hydrogen-bond acceptors (Lipinski definition) is 4. The lowest BCUT2D eigenvalue weighted by Gasteiger charge is -2.20. The van der Waals surface area contributed by atoms with Crippen molar-refractivity contribution in [3.63, 3.8) is 0 Å². The molecular formula is C10H19N3OS. The molecule has 0 bridgehead atoms. The zero-order chi connectivity index (χ0) is 10.8. The van der Waals surface area contributed by atoms with Crippen LogP contribution in [-0.2, 0) is 4.79 Å². The number of hydrogen-bond donors (Lipinski definition) is 3. The summed E-state index contributed by atoms with van der Waals surface area (Å²) in [6.07, 6.45) is 1.91. The monoisotopic (exact) mass is 229 g/mol. The Labute approximate surface area is 96.0 Å². The lowest BCUT2D eigenvalue weighted by atomic mass is 10.1. The fourth-order valence-electron chi connectivity index (χ4n) is 2.35. The molecule has 2 rings (SSSR count). The van der Waals surface area contributed by atoms with Gasteiger partial charge in [-0.2, -0.15) is 12.6 Å². The minimum Gasteiger partial charge on any atom is -0.341 e. The molecule has 0 aromatic rings. The van der Waals surface area contributed by atoms with Crippen molar-refractivity contribution in [2.24, 2.45) is 11.7 Å². The van der Waals surface area contributed by atoms with E-state index in [9.17, 15) is 4.79 Å². The topological polar surface area (TPSA) is 58.4 Å². The molecule has 0 aromatic heterocycles. The maximum atomic E-state index is 12.0. The summed E-state index contributed by atoms with van der Waals surface area (Å²) in [7, 11) is 0. The molecule has 2 aliphatic heterocycles. The van der Waals surface area contributed by atoms with Crippen molar-refractivity contribution in [1.29, 1.82) is 0 Å². The summed E-state index contributed by atoms with van der Waals surface area (Å²) in [5, 5.41) is 3.54. The standard InChI is InChI=1S/C10H19N3OS/c11-4-7-1-2-13(6-7)10(14)9-3-8(15)5-12-9/h7-9,12,15H,1-6,11H2. The molecular weight excluding hydrogens is 210 g/mol. The first kappa shape index (κ1) is 11.2. The van der Waals surface area contributed by atoms with Gasteiger partial charge >= 0.3 is 0 Å². The fraction of sp³-hybridized carbons (Fsp3) is 0.900. The van der Waals surface area contributed by atoms with E-state index in [0.29, 0.717) is 17.7 Å². The molecule has 3 atom stereocenters. The predicted octanol–water partition coefficient (Wildman–Crippen LogP) is -0.546. The number of rotatable bonds is 2. The van der Waals surface area contributed by atoms with Crippen LogP contribution in [0.15, 0.2) is 0 Å². The normalized spacial score (nSPS) is 36.1. The van der Waals surface area contributed by atoms with Gasteiger partial charge in [0.25, 0.3) is 0 Å². The van der Waals surface area contributed by atoms with Crippen molar-refractivity contribution >= 4 is 18.5 Å². The van der Waals surface area contributed by atoms with Crippen LogP contribution in [0.2, 0.25) is 0 Å². The van der Waals surface area contributed by atoms with Crippen LogP contribution in [0.5, 0.6) is 0 Å². The molecule has 1 amide bonds. The Kier molecular flexibility index (Phi) is 3.53. The van der Waals surface area contributed by atoms with Gasteiger partial charge in [0.1, 0.15) is 0 Å². The number of amides is 1.